The maximum absolute atomic E-state index is 12.1. The number of carbonyl (C=O) groups excluding carboxylic acids is 2. The Morgan fingerprint density at radius 2 is 2.07 bits per heavy atom. The molecule has 150 valence electrons. The highest BCUT2D eigenvalue weighted by Gasteiger charge is 2.38. The second kappa shape index (κ2) is 8.58. The molecule has 1 amide bonds. The van der Waals surface area contributed by atoms with Crippen molar-refractivity contribution in [1.29, 1.82) is 0 Å². The summed E-state index contributed by atoms with van der Waals surface area (Å²) in [4.78, 5) is 24.0. The Bertz CT molecular complexity index is 901. The molecular weight excluding hydrogens is 360 g/mol. The van der Waals surface area contributed by atoms with Gasteiger partial charge in [-0.15, -0.1) is 0 Å². The van der Waals surface area contributed by atoms with E-state index in [0.29, 0.717) is 19.4 Å². The Labute approximate surface area is 163 Å². The van der Waals surface area contributed by atoms with Gasteiger partial charge >= 0.3 is 0 Å². The fourth-order valence-electron chi connectivity index (χ4n) is 3.87. The predicted octanol–water partition coefficient (Wildman–Crippen LogP) is 2.54. The molecule has 3 atom stereocenters. The van der Waals surface area contributed by atoms with Gasteiger partial charge in [0.05, 0.1) is 5.52 Å². The van der Waals surface area contributed by atoms with Crippen LogP contribution < -0.4 is 5.73 Å². The zero-order chi connectivity index (χ0) is 20.3. The summed E-state index contributed by atoms with van der Waals surface area (Å²) in [7, 11) is 0. The second-order valence-electron chi connectivity index (χ2n) is 6.88. The van der Waals surface area contributed by atoms with E-state index in [1.807, 2.05) is 37.4 Å². The van der Waals surface area contributed by atoms with Gasteiger partial charge in [0.15, 0.2) is 5.76 Å². The van der Waals surface area contributed by atoms with E-state index < -0.39 is 12.2 Å². The smallest absolute Gasteiger partial charge is 0.283 e. The highest BCUT2D eigenvalue weighted by molar-refractivity contribution is 5.94. The topological polar surface area (TPSA) is 104 Å². The van der Waals surface area contributed by atoms with Crippen LogP contribution in [0.1, 0.15) is 43.0 Å². The highest BCUT2D eigenvalue weighted by atomic mass is 16.7. The number of benzene rings is 1. The molecule has 1 aromatic carbocycles. The molecule has 0 radical (unpaired) electrons. The van der Waals surface area contributed by atoms with E-state index in [1.165, 1.54) is 6.92 Å². The van der Waals surface area contributed by atoms with Gasteiger partial charge in [0.25, 0.3) is 5.91 Å². The number of fused-ring (bicyclic) bond motifs is 1. The number of carbonyl (C=O) groups is 2. The lowest BCUT2D eigenvalue weighted by Gasteiger charge is -2.36. The molecule has 2 aromatic rings. The van der Waals surface area contributed by atoms with Gasteiger partial charge in [-0.1, -0.05) is 18.2 Å². The van der Waals surface area contributed by atoms with E-state index in [9.17, 15) is 14.7 Å². The normalized spacial score (nSPS) is 22.0. The molecule has 0 fully saturated rings. The van der Waals surface area contributed by atoms with Crippen molar-refractivity contribution in [3.05, 3.63) is 47.9 Å². The summed E-state index contributed by atoms with van der Waals surface area (Å²) in [5.41, 5.74) is 7.20. The number of nitrogens with zero attached hydrogens (tertiary/aromatic N) is 1. The quantitative estimate of drug-likeness (QED) is 0.761. The molecule has 0 saturated heterocycles. The number of rotatable bonds is 7. The minimum Gasteiger partial charge on any atom is -0.459 e. The van der Waals surface area contributed by atoms with Gasteiger partial charge in [-0.2, -0.15) is 0 Å². The number of aliphatic hydroxyl groups excluding tert-OH is 1. The fourth-order valence-corrected chi connectivity index (χ4v) is 3.87. The number of aliphatic hydroxyl groups is 1. The Morgan fingerprint density at radius 3 is 2.71 bits per heavy atom. The minimum absolute atomic E-state index is 0.0453. The van der Waals surface area contributed by atoms with Crippen molar-refractivity contribution in [2.24, 2.45) is 11.7 Å². The Hall–Kier alpha value is -2.64. The molecule has 0 bridgehead atoms. The lowest BCUT2D eigenvalue weighted by atomic mass is 9.80. The third-order valence-corrected chi connectivity index (χ3v) is 5.10. The standard InChI is InChI=1S/C21H26N2O5/c1-3-27-21-15(8-6-10-24)16(11-19(28-21)20(22)26)17-12-23(13(2)25)18-9-5-4-7-14(17)18/h4-5,7,9,11-12,15-16,21,24H,3,6,8,10H2,1-2H3,(H2,22,26)/t15-,16-,21+/m0/s1. The van der Waals surface area contributed by atoms with Crippen molar-refractivity contribution in [2.45, 2.75) is 38.9 Å². The van der Waals surface area contributed by atoms with Crippen LogP contribution in [0, 0.1) is 5.92 Å². The van der Waals surface area contributed by atoms with E-state index in [0.717, 1.165) is 16.5 Å². The van der Waals surface area contributed by atoms with Crippen LogP contribution in [0.5, 0.6) is 0 Å². The first-order valence-corrected chi connectivity index (χ1v) is 9.49. The molecule has 0 unspecified atom stereocenters. The summed E-state index contributed by atoms with van der Waals surface area (Å²) in [5.74, 6) is -1.08. The van der Waals surface area contributed by atoms with E-state index in [2.05, 4.69) is 0 Å². The van der Waals surface area contributed by atoms with Crippen LogP contribution in [-0.2, 0) is 14.3 Å². The molecule has 0 saturated carbocycles. The van der Waals surface area contributed by atoms with Gasteiger partial charge in [-0.05, 0) is 37.5 Å². The van der Waals surface area contributed by atoms with Gasteiger partial charge in [0.2, 0.25) is 12.2 Å². The molecule has 3 rings (SSSR count). The van der Waals surface area contributed by atoms with Gasteiger partial charge in [0, 0.05) is 43.6 Å². The maximum atomic E-state index is 12.1. The first kappa shape index (κ1) is 20.1. The lowest BCUT2D eigenvalue weighted by Crippen LogP contribution is -2.37. The van der Waals surface area contributed by atoms with Gasteiger partial charge in [-0.3, -0.25) is 14.2 Å². The Morgan fingerprint density at radius 1 is 1.32 bits per heavy atom. The molecule has 1 aliphatic heterocycles. The average Bonchev–Trinajstić information content (AvgIpc) is 3.06. The number of amides is 1. The van der Waals surface area contributed by atoms with Crippen molar-refractivity contribution in [2.75, 3.05) is 13.2 Å². The molecular formula is C21H26N2O5. The summed E-state index contributed by atoms with van der Waals surface area (Å²) < 4.78 is 13.1. The van der Waals surface area contributed by atoms with Crippen LogP contribution in [0.25, 0.3) is 10.9 Å². The first-order valence-electron chi connectivity index (χ1n) is 9.49. The molecule has 2 heterocycles. The fraction of sp³-hybridized carbons (Fsp3) is 0.429. The number of allylic oxidation sites excluding steroid dienone is 1. The molecule has 3 N–H and O–H groups in total. The number of primary amides is 1. The second-order valence-corrected chi connectivity index (χ2v) is 6.88. The number of ether oxygens (including phenoxy) is 2. The zero-order valence-electron chi connectivity index (χ0n) is 16.1. The van der Waals surface area contributed by atoms with Gasteiger partial charge < -0.3 is 20.3 Å². The third kappa shape index (κ3) is 3.81. The number of hydrogen-bond donors (Lipinski definition) is 2. The first-order chi connectivity index (χ1) is 13.5. The molecule has 28 heavy (non-hydrogen) atoms. The number of hydrogen-bond acceptors (Lipinski definition) is 5. The van der Waals surface area contributed by atoms with Crippen molar-refractivity contribution >= 4 is 22.7 Å². The van der Waals surface area contributed by atoms with Gasteiger partial charge in [-0.25, -0.2) is 0 Å². The number of aromatic nitrogens is 1. The molecule has 7 heteroatoms. The zero-order valence-corrected chi connectivity index (χ0v) is 16.1. The van der Waals surface area contributed by atoms with E-state index in [4.69, 9.17) is 15.2 Å². The summed E-state index contributed by atoms with van der Waals surface area (Å²) in [6.45, 7) is 3.82. The van der Waals surface area contributed by atoms with Crippen molar-refractivity contribution in [1.82, 2.24) is 4.57 Å². The third-order valence-electron chi connectivity index (χ3n) is 5.10. The highest BCUT2D eigenvalue weighted by Crippen LogP contribution is 2.42. The molecule has 0 spiro atoms. The maximum Gasteiger partial charge on any atom is 0.283 e. The number of nitrogens with two attached hydrogens (primary N) is 1. The summed E-state index contributed by atoms with van der Waals surface area (Å²) in [5, 5.41) is 10.3. The van der Waals surface area contributed by atoms with Crippen molar-refractivity contribution in [3.8, 4) is 0 Å². The molecule has 0 aliphatic carbocycles. The van der Waals surface area contributed by atoms with Crippen LogP contribution in [-0.4, -0.2) is 41.0 Å². The summed E-state index contributed by atoms with van der Waals surface area (Å²) in [6, 6.07) is 7.64. The summed E-state index contributed by atoms with van der Waals surface area (Å²) >= 11 is 0. The van der Waals surface area contributed by atoms with Crippen molar-refractivity contribution in [3.63, 3.8) is 0 Å². The van der Waals surface area contributed by atoms with Crippen LogP contribution >= 0.6 is 0 Å². The van der Waals surface area contributed by atoms with E-state index in [1.54, 1.807) is 10.6 Å². The number of para-hydroxylation sites is 1. The van der Waals surface area contributed by atoms with Crippen LogP contribution in [0.4, 0.5) is 0 Å². The Kier molecular flexibility index (Phi) is 6.16. The lowest BCUT2D eigenvalue weighted by molar-refractivity contribution is -0.165. The van der Waals surface area contributed by atoms with Gasteiger partial charge in [0.1, 0.15) is 0 Å². The molecule has 7 nitrogen and oxygen atoms in total. The SMILES string of the molecule is CCO[C@@H]1OC(C(N)=O)=C[C@H](c2cn(C(C)=O)c3ccccc23)[C@@H]1CCCO. The monoisotopic (exact) mass is 386 g/mol. The summed E-state index contributed by atoms with van der Waals surface area (Å²) in [6.07, 6.45) is 4.07. The van der Waals surface area contributed by atoms with Crippen molar-refractivity contribution < 1.29 is 24.2 Å². The molecule has 1 aliphatic rings. The average molecular weight is 386 g/mol. The van der Waals surface area contributed by atoms with Crippen LogP contribution in [0.15, 0.2) is 42.3 Å². The molecule has 1 aromatic heterocycles. The van der Waals surface area contributed by atoms with Crippen LogP contribution in [0.3, 0.4) is 0 Å². The van der Waals surface area contributed by atoms with E-state index in [-0.39, 0.29) is 30.1 Å². The Balaban J connectivity index is 2.16. The van der Waals surface area contributed by atoms with E-state index >= 15 is 0 Å². The predicted molar refractivity (Wildman–Crippen MR) is 105 cm³/mol. The largest absolute Gasteiger partial charge is 0.459 e. The minimum atomic E-state index is -0.661. The van der Waals surface area contributed by atoms with Crippen LogP contribution in [0.2, 0.25) is 0 Å².